The van der Waals surface area contributed by atoms with Crippen molar-refractivity contribution in [2.24, 2.45) is 0 Å². The number of ether oxygens (including phenoxy) is 1. The summed E-state index contributed by atoms with van der Waals surface area (Å²) in [6.07, 6.45) is 8.07. The van der Waals surface area contributed by atoms with E-state index in [0.717, 1.165) is 40.5 Å². The van der Waals surface area contributed by atoms with Crippen LogP contribution in [0.4, 0.5) is 0 Å². The number of benzene rings is 2. The molecule has 5 rings (SSSR count). The van der Waals surface area contributed by atoms with Gasteiger partial charge in [0.2, 0.25) is 0 Å². The van der Waals surface area contributed by atoms with Gasteiger partial charge in [-0.25, -0.2) is 0 Å². The molecular weight excluding hydrogens is 414 g/mol. The highest BCUT2D eigenvalue weighted by Gasteiger charge is 2.25. The van der Waals surface area contributed by atoms with Crippen molar-refractivity contribution >= 4 is 16.7 Å². The summed E-state index contributed by atoms with van der Waals surface area (Å²) < 4.78 is 6.46. The second kappa shape index (κ2) is 9.05. The zero-order chi connectivity index (χ0) is 22.6. The van der Waals surface area contributed by atoms with Crippen molar-refractivity contribution in [3.8, 4) is 22.9 Å². The quantitative estimate of drug-likeness (QED) is 0.476. The molecule has 162 valence electrons. The first-order valence-corrected chi connectivity index (χ1v) is 10.8. The van der Waals surface area contributed by atoms with Crippen molar-refractivity contribution in [3.63, 3.8) is 0 Å². The third kappa shape index (κ3) is 4.37. The van der Waals surface area contributed by atoms with Gasteiger partial charge in [0.25, 0.3) is 5.91 Å². The number of fused-ring (bicyclic) bond motifs is 1. The van der Waals surface area contributed by atoms with E-state index in [1.807, 2.05) is 41.4 Å². The number of nitrogens with zero attached hydrogens (tertiary/aromatic N) is 5. The van der Waals surface area contributed by atoms with Gasteiger partial charge in [-0.05, 0) is 52.9 Å². The molecule has 1 aliphatic heterocycles. The Morgan fingerprint density at radius 3 is 2.67 bits per heavy atom. The Hall–Kier alpha value is -4.31. The molecule has 2 aromatic heterocycles. The predicted octanol–water partition coefficient (Wildman–Crippen LogP) is 4.25. The van der Waals surface area contributed by atoms with Gasteiger partial charge in [0, 0.05) is 43.7 Å². The molecule has 0 radical (unpaired) electrons. The van der Waals surface area contributed by atoms with E-state index in [1.165, 1.54) is 12.4 Å². The zero-order valence-electron chi connectivity index (χ0n) is 17.9. The molecule has 1 amide bonds. The first kappa shape index (κ1) is 20.6. The van der Waals surface area contributed by atoms with Crippen molar-refractivity contribution in [1.29, 1.82) is 5.26 Å². The largest absolute Gasteiger partial charge is 0.490 e. The Morgan fingerprint density at radius 1 is 1.00 bits per heavy atom. The van der Waals surface area contributed by atoms with Crippen molar-refractivity contribution in [2.45, 2.75) is 18.9 Å². The van der Waals surface area contributed by atoms with Gasteiger partial charge in [-0.2, -0.15) is 15.5 Å². The molecule has 0 aliphatic carbocycles. The van der Waals surface area contributed by atoms with E-state index in [9.17, 15) is 10.1 Å². The van der Waals surface area contributed by atoms with E-state index in [4.69, 9.17) is 4.74 Å². The van der Waals surface area contributed by atoms with Gasteiger partial charge >= 0.3 is 0 Å². The number of hydrogen-bond acceptors (Lipinski definition) is 6. The van der Waals surface area contributed by atoms with Crippen molar-refractivity contribution in [3.05, 3.63) is 84.4 Å². The molecule has 1 aliphatic rings. The highest BCUT2D eigenvalue weighted by Crippen LogP contribution is 2.34. The number of carbonyl (C=O) groups excluding carboxylic acids is 1. The first-order valence-electron chi connectivity index (χ1n) is 10.8. The second-order valence-electron chi connectivity index (χ2n) is 8.00. The summed E-state index contributed by atoms with van der Waals surface area (Å²) >= 11 is 0. The average molecular weight is 435 g/mol. The fraction of sp³-hybridized carbons (Fsp3) is 0.192. The molecule has 4 aromatic rings. The number of carbonyl (C=O) groups is 1. The standard InChI is InChI=1S/C26H21N5O2/c27-15-18-2-1-3-19(12-18)22-13-20-4-8-28-17-24(20)25(14-22)33-23-6-10-31(11-7-23)26(32)21-5-9-29-30-16-21/h1-5,8-9,12-14,16-17,23H,6-7,10-11H2. The number of likely N-dealkylation sites (tertiary alicyclic amines) is 1. The van der Waals surface area contributed by atoms with Gasteiger partial charge in [0.15, 0.2) is 0 Å². The van der Waals surface area contributed by atoms with Crippen molar-refractivity contribution < 1.29 is 9.53 Å². The molecule has 0 spiro atoms. The molecule has 0 atom stereocenters. The smallest absolute Gasteiger partial charge is 0.255 e. The topological polar surface area (TPSA) is 92.0 Å². The second-order valence-corrected chi connectivity index (χ2v) is 8.00. The molecule has 33 heavy (non-hydrogen) atoms. The van der Waals surface area contributed by atoms with Crippen LogP contribution in [-0.4, -0.2) is 45.2 Å². The highest BCUT2D eigenvalue weighted by atomic mass is 16.5. The predicted molar refractivity (Wildman–Crippen MR) is 123 cm³/mol. The zero-order valence-corrected chi connectivity index (χ0v) is 17.9. The van der Waals surface area contributed by atoms with E-state index >= 15 is 0 Å². The van der Waals surface area contributed by atoms with Crippen LogP contribution in [0.2, 0.25) is 0 Å². The summed E-state index contributed by atoms with van der Waals surface area (Å²) in [4.78, 5) is 18.8. The number of aromatic nitrogens is 3. The minimum Gasteiger partial charge on any atom is -0.490 e. The molecule has 0 bridgehead atoms. The maximum Gasteiger partial charge on any atom is 0.255 e. The third-order valence-corrected chi connectivity index (χ3v) is 5.90. The number of piperidine rings is 1. The van der Waals surface area contributed by atoms with E-state index in [-0.39, 0.29) is 12.0 Å². The summed E-state index contributed by atoms with van der Waals surface area (Å²) in [5.74, 6) is 0.735. The summed E-state index contributed by atoms with van der Waals surface area (Å²) in [5, 5.41) is 18.8. The molecule has 0 unspecified atom stereocenters. The summed E-state index contributed by atoms with van der Waals surface area (Å²) in [5.41, 5.74) is 3.11. The van der Waals surface area contributed by atoms with Crippen LogP contribution < -0.4 is 4.74 Å². The maximum atomic E-state index is 12.7. The Bertz CT molecular complexity index is 1340. The van der Waals surface area contributed by atoms with Gasteiger partial charge in [0.1, 0.15) is 11.9 Å². The minimum absolute atomic E-state index is 0.00582. The lowest BCUT2D eigenvalue weighted by Crippen LogP contribution is -2.41. The van der Waals surface area contributed by atoms with Crippen LogP contribution in [0.1, 0.15) is 28.8 Å². The van der Waals surface area contributed by atoms with Crippen LogP contribution in [0.25, 0.3) is 21.9 Å². The van der Waals surface area contributed by atoms with E-state index < -0.39 is 0 Å². The van der Waals surface area contributed by atoms with Crippen LogP contribution in [-0.2, 0) is 0 Å². The van der Waals surface area contributed by atoms with Crippen LogP contribution >= 0.6 is 0 Å². The van der Waals surface area contributed by atoms with E-state index in [2.05, 4.69) is 27.3 Å². The molecule has 0 saturated carbocycles. The van der Waals surface area contributed by atoms with Gasteiger partial charge in [-0.3, -0.25) is 9.78 Å². The normalized spacial score (nSPS) is 14.1. The molecule has 7 nitrogen and oxygen atoms in total. The van der Waals surface area contributed by atoms with Crippen LogP contribution in [0.15, 0.2) is 73.3 Å². The summed E-state index contributed by atoms with van der Waals surface area (Å²) in [6, 6.07) is 17.5. The number of hydrogen-bond donors (Lipinski definition) is 0. The van der Waals surface area contributed by atoms with Crippen LogP contribution in [0.5, 0.6) is 5.75 Å². The number of rotatable bonds is 4. The Labute approximate surface area is 191 Å². The lowest BCUT2D eigenvalue weighted by atomic mass is 9.99. The SMILES string of the molecule is N#Cc1cccc(-c2cc(OC3CCN(C(=O)c4ccnnc4)CC3)c3cnccc3c2)c1. The fourth-order valence-corrected chi connectivity index (χ4v) is 4.15. The minimum atomic E-state index is -0.0302. The Balaban J connectivity index is 1.37. The van der Waals surface area contributed by atoms with Crippen LogP contribution in [0, 0.1) is 11.3 Å². The maximum absolute atomic E-state index is 12.7. The first-order chi connectivity index (χ1) is 16.2. The number of nitriles is 1. The Morgan fingerprint density at radius 2 is 1.88 bits per heavy atom. The number of pyridine rings is 1. The van der Waals surface area contributed by atoms with Gasteiger partial charge in [0.05, 0.1) is 29.6 Å². The molecule has 0 N–H and O–H groups in total. The molecule has 7 heteroatoms. The molecule has 3 heterocycles. The fourth-order valence-electron chi connectivity index (χ4n) is 4.15. The van der Waals surface area contributed by atoms with Crippen molar-refractivity contribution in [2.75, 3.05) is 13.1 Å². The van der Waals surface area contributed by atoms with E-state index in [1.54, 1.807) is 18.3 Å². The van der Waals surface area contributed by atoms with Gasteiger partial charge in [-0.1, -0.05) is 12.1 Å². The number of amides is 1. The lowest BCUT2D eigenvalue weighted by molar-refractivity contribution is 0.0597. The molecule has 1 fully saturated rings. The summed E-state index contributed by atoms with van der Waals surface area (Å²) in [6.45, 7) is 1.23. The summed E-state index contributed by atoms with van der Waals surface area (Å²) in [7, 11) is 0. The van der Waals surface area contributed by atoms with Crippen LogP contribution in [0.3, 0.4) is 0 Å². The molecule has 2 aromatic carbocycles. The Kier molecular flexibility index (Phi) is 5.64. The third-order valence-electron chi connectivity index (χ3n) is 5.90. The monoisotopic (exact) mass is 435 g/mol. The highest BCUT2D eigenvalue weighted by molar-refractivity contribution is 5.94. The van der Waals surface area contributed by atoms with Crippen molar-refractivity contribution in [1.82, 2.24) is 20.1 Å². The van der Waals surface area contributed by atoms with E-state index in [0.29, 0.717) is 24.2 Å². The lowest BCUT2D eigenvalue weighted by Gasteiger charge is -2.32. The van der Waals surface area contributed by atoms with Gasteiger partial charge in [-0.15, -0.1) is 0 Å². The molecular formula is C26H21N5O2. The average Bonchev–Trinajstić information content (AvgIpc) is 2.89. The molecule has 1 saturated heterocycles. The van der Waals surface area contributed by atoms with Gasteiger partial charge < -0.3 is 9.64 Å².